The number of aryl methyl sites for hydroxylation is 3. The van der Waals surface area contributed by atoms with Crippen LogP contribution < -0.4 is 0 Å². The zero-order valence-corrected chi connectivity index (χ0v) is 19.9. The van der Waals surface area contributed by atoms with Gasteiger partial charge in [0.25, 0.3) is 0 Å². The van der Waals surface area contributed by atoms with Gasteiger partial charge >= 0.3 is 0 Å². The first-order chi connectivity index (χ1) is 15.5. The molecule has 0 atom stereocenters. The molecule has 0 radical (unpaired) electrons. The molecule has 3 nitrogen and oxygen atoms in total. The highest BCUT2D eigenvalue weighted by Gasteiger charge is 2.22. The van der Waals surface area contributed by atoms with Crippen molar-refractivity contribution in [3.8, 4) is 28.5 Å². The average Bonchev–Trinajstić information content (AvgIpc) is 3.22. The monoisotopic (exact) mass is 423 g/mol. The topological polar surface area (TPSA) is 30.7 Å². The Bertz CT molecular complexity index is 1180. The summed E-state index contributed by atoms with van der Waals surface area (Å²) in [5.74, 6) is 2.19. The quantitative estimate of drug-likeness (QED) is 0.305. The molecule has 0 aliphatic carbocycles. The Hall–Kier alpha value is -3.20. The van der Waals surface area contributed by atoms with Crippen molar-refractivity contribution in [3.05, 3.63) is 89.0 Å². The molecule has 4 rings (SSSR count). The van der Waals surface area contributed by atoms with Gasteiger partial charge in [-0.2, -0.15) is 0 Å². The predicted octanol–water partition coefficient (Wildman–Crippen LogP) is 7.68. The standard InChI is InChI=1S/C29H33N3/c1-6-7-13-23-16-18-24(19-17-23)32-28(26-15-9-8-14-25(26)20(2)3)30-31-29(32)27-21(4)11-10-12-22(27)5/h8-12,14-20H,6-7,13H2,1-5H3. The molecule has 164 valence electrons. The first-order valence-corrected chi connectivity index (χ1v) is 11.7. The molecule has 3 aromatic carbocycles. The summed E-state index contributed by atoms with van der Waals surface area (Å²) in [6, 6.07) is 23.9. The zero-order valence-electron chi connectivity index (χ0n) is 19.9. The maximum Gasteiger partial charge on any atom is 0.169 e. The van der Waals surface area contributed by atoms with E-state index in [9.17, 15) is 0 Å². The fourth-order valence-electron chi connectivity index (χ4n) is 4.43. The minimum absolute atomic E-state index is 0.399. The lowest BCUT2D eigenvalue weighted by Crippen LogP contribution is -2.04. The first kappa shape index (κ1) is 22.0. The van der Waals surface area contributed by atoms with Crippen molar-refractivity contribution < 1.29 is 0 Å². The van der Waals surface area contributed by atoms with E-state index in [1.807, 2.05) is 0 Å². The molecule has 0 aliphatic heterocycles. The van der Waals surface area contributed by atoms with E-state index >= 15 is 0 Å². The number of aromatic nitrogens is 3. The molecule has 0 fully saturated rings. The summed E-state index contributed by atoms with van der Waals surface area (Å²) < 4.78 is 2.24. The number of benzene rings is 3. The molecule has 1 heterocycles. The lowest BCUT2D eigenvalue weighted by atomic mass is 9.96. The molecule has 4 aromatic rings. The third-order valence-electron chi connectivity index (χ3n) is 6.21. The van der Waals surface area contributed by atoms with Crippen molar-refractivity contribution in [1.29, 1.82) is 0 Å². The normalized spacial score (nSPS) is 11.3. The van der Waals surface area contributed by atoms with Crippen LogP contribution in [-0.4, -0.2) is 14.8 Å². The summed E-state index contributed by atoms with van der Waals surface area (Å²) in [6.45, 7) is 11.0. The van der Waals surface area contributed by atoms with Gasteiger partial charge in [-0.15, -0.1) is 10.2 Å². The van der Waals surface area contributed by atoms with Gasteiger partial charge in [0.15, 0.2) is 11.6 Å². The summed E-state index contributed by atoms with van der Waals surface area (Å²) in [6.07, 6.45) is 3.54. The highest BCUT2D eigenvalue weighted by atomic mass is 15.3. The van der Waals surface area contributed by atoms with Crippen LogP contribution in [-0.2, 0) is 6.42 Å². The number of hydrogen-bond donors (Lipinski definition) is 0. The van der Waals surface area contributed by atoms with Gasteiger partial charge in [-0.05, 0) is 67.0 Å². The van der Waals surface area contributed by atoms with E-state index in [2.05, 4.69) is 106 Å². The lowest BCUT2D eigenvalue weighted by molar-refractivity contribution is 0.795. The SMILES string of the molecule is CCCCc1ccc(-n2c(-c3ccccc3C(C)C)nnc2-c2c(C)cccc2C)cc1. The van der Waals surface area contributed by atoms with E-state index in [1.54, 1.807) is 0 Å². The Labute approximate surface area is 192 Å². The predicted molar refractivity (Wildman–Crippen MR) is 134 cm³/mol. The molecule has 0 saturated carbocycles. The summed E-state index contributed by atoms with van der Waals surface area (Å²) in [7, 11) is 0. The Morgan fingerprint density at radius 2 is 1.44 bits per heavy atom. The molecule has 32 heavy (non-hydrogen) atoms. The Balaban J connectivity index is 1.94. The minimum Gasteiger partial charge on any atom is -0.275 e. The summed E-state index contributed by atoms with van der Waals surface area (Å²) >= 11 is 0. The van der Waals surface area contributed by atoms with Gasteiger partial charge in [0.05, 0.1) is 0 Å². The molecule has 0 aliphatic rings. The van der Waals surface area contributed by atoms with Gasteiger partial charge in [0.1, 0.15) is 0 Å². The second-order valence-corrected chi connectivity index (χ2v) is 8.96. The third kappa shape index (κ3) is 4.25. The maximum atomic E-state index is 4.75. The van der Waals surface area contributed by atoms with Crippen LogP contribution in [0.25, 0.3) is 28.5 Å². The molecule has 1 aromatic heterocycles. The van der Waals surface area contributed by atoms with Gasteiger partial charge in [-0.1, -0.05) is 81.8 Å². The minimum atomic E-state index is 0.399. The van der Waals surface area contributed by atoms with Crippen molar-refractivity contribution >= 4 is 0 Å². The second kappa shape index (κ2) is 9.52. The number of nitrogens with zero attached hydrogens (tertiary/aromatic N) is 3. The van der Waals surface area contributed by atoms with E-state index in [1.165, 1.54) is 35.1 Å². The van der Waals surface area contributed by atoms with Crippen molar-refractivity contribution in [2.24, 2.45) is 0 Å². The van der Waals surface area contributed by atoms with Crippen LogP contribution in [0.3, 0.4) is 0 Å². The summed E-state index contributed by atoms with van der Waals surface area (Å²) in [4.78, 5) is 0. The third-order valence-corrected chi connectivity index (χ3v) is 6.21. The number of rotatable bonds is 7. The number of hydrogen-bond acceptors (Lipinski definition) is 2. The molecule has 0 unspecified atom stereocenters. The fourth-order valence-corrected chi connectivity index (χ4v) is 4.43. The van der Waals surface area contributed by atoms with E-state index in [0.717, 1.165) is 34.9 Å². The highest BCUT2D eigenvalue weighted by Crippen LogP contribution is 2.35. The van der Waals surface area contributed by atoms with Gasteiger partial charge in [-0.25, -0.2) is 0 Å². The van der Waals surface area contributed by atoms with Crippen molar-refractivity contribution in [2.75, 3.05) is 0 Å². The molecule has 0 N–H and O–H groups in total. The fraction of sp³-hybridized carbons (Fsp3) is 0.310. The van der Waals surface area contributed by atoms with Crippen molar-refractivity contribution in [2.45, 2.75) is 59.8 Å². The second-order valence-electron chi connectivity index (χ2n) is 8.96. The molecule has 0 spiro atoms. The van der Waals surface area contributed by atoms with E-state index in [4.69, 9.17) is 10.2 Å². The van der Waals surface area contributed by atoms with Crippen LogP contribution in [0.15, 0.2) is 66.7 Å². The van der Waals surface area contributed by atoms with Gasteiger partial charge < -0.3 is 0 Å². The summed E-state index contributed by atoms with van der Waals surface area (Å²) in [5, 5.41) is 9.50. The van der Waals surface area contributed by atoms with Crippen molar-refractivity contribution in [1.82, 2.24) is 14.8 Å². The van der Waals surface area contributed by atoms with Crippen molar-refractivity contribution in [3.63, 3.8) is 0 Å². The van der Waals surface area contributed by atoms with Crippen LogP contribution in [0.2, 0.25) is 0 Å². The average molecular weight is 424 g/mol. The van der Waals surface area contributed by atoms with E-state index < -0.39 is 0 Å². The largest absolute Gasteiger partial charge is 0.275 e. The molecule has 3 heteroatoms. The Morgan fingerprint density at radius 1 is 0.781 bits per heavy atom. The molecular weight excluding hydrogens is 390 g/mol. The molecule has 0 bridgehead atoms. The zero-order chi connectivity index (χ0) is 22.7. The Morgan fingerprint density at radius 3 is 2.09 bits per heavy atom. The molecule has 0 saturated heterocycles. The smallest absolute Gasteiger partial charge is 0.169 e. The van der Waals surface area contributed by atoms with Gasteiger partial charge in [-0.3, -0.25) is 4.57 Å². The first-order valence-electron chi connectivity index (χ1n) is 11.7. The van der Waals surface area contributed by atoms with E-state index in [-0.39, 0.29) is 0 Å². The molecule has 0 amide bonds. The van der Waals surface area contributed by atoms with Crippen LogP contribution in [0, 0.1) is 13.8 Å². The van der Waals surface area contributed by atoms with Gasteiger partial charge in [0, 0.05) is 16.8 Å². The van der Waals surface area contributed by atoms with Crippen LogP contribution in [0.5, 0.6) is 0 Å². The maximum absolute atomic E-state index is 4.75. The van der Waals surface area contributed by atoms with Crippen LogP contribution in [0.1, 0.15) is 61.8 Å². The number of unbranched alkanes of at least 4 members (excludes halogenated alkanes) is 1. The van der Waals surface area contributed by atoms with Crippen LogP contribution >= 0.6 is 0 Å². The summed E-state index contributed by atoms with van der Waals surface area (Å²) in [5.41, 5.74) is 8.48. The van der Waals surface area contributed by atoms with Gasteiger partial charge in [0.2, 0.25) is 0 Å². The highest BCUT2D eigenvalue weighted by molar-refractivity contribution is 5.72. The van der Waals surface area contributed by atoms with E-state index in [0.29, 0.717) is 5.92 Å². The lowest BCUT2D eigenvalue weighted by Gasteiger charge is -2.17. The molecular formula is C29H33N3. The van der Waals surface area contributed by atoms with Crippen LogP contribution in [0.4, 0.5) is 0 Å². The Kier molecular flexibility index (Phi) is 6.55.